The van der Waals surface area contributed by atoms with E-state index in [0.717, 1.165) is 16.4 Å². The Labute approximate surface area is 92.0 Å². The van der Waals surface area contributed by atoms with Crippen LogP contribution < -0.4 is 5.73 Å². The molecule has 0 amide bonds. The number of benzene rings is 2. The van der Waals surface area contributed by atoms with E-state index in [0.29, 0.717) is 11.1 Å². The second kappa shape index (κ2) is 3.10. The van der Waals surface area contributed by atoms with Crippen LogP contribution in [-0.2, 0) is 0 Å². The maximum absolute atomic E-state index is 7.51. The molecule has 3 heteroatoms. The number of hydrogen-bond donors (Lipinski definition) is 2. The number of para-hydroxylation sites is 2. The third-order valence-electron chi connectivity index (χ3n) is 2.69. The van der Waals surface area contributed by atoms with Crippen molar-refractivity contribution in [3.63, 3.8) is 0 Å². The minimum absolute atomic E-state index is 0.0321. The summed E-state index contributed by atoms with van der Waals surface area (Å²) in [4.78, 5) is 0. The summed E-state index contributed by atoms with van der Waals surface area (Å²) in [5, 5.41) is 9.57. The van der Waals surface area contributed by atoms with E-state index in [1.54, 1.807) is 6.07 Å². The molecule has 0 saturated heterocycles. The summed E-state index contributed by atoms with van der Waals surface area (Å²) in [6, 6.07) is 13.5. The molecule has 0 aliphatic carbocycles. The molecule has 0 unspecified atom stereocenters. The van der Waals surface area contributed by atoms with Crippen LogP contribution in [0, 0.1) is 5.41 Å². The van der Waals surface area contributed by atoms with E-state index >= 15 is 0 Å². The van der Waals surface area contributed by atoms with Gasteiger partial charge in [-0.3, -0.25) is 5.41 Å². The third-order valence-corrected chi connectivity index (χ3v) is 2.69. The largest absolute Gasteiger partial charge is 0.455 e. The molecule has 0 radical (unpaired) electrons. The molecule has 0 fully saturated rings. The maximum atomic E-state index is 7.51. The number of nitrogen functional groups attached to an aromatic ring is 1. The predicted octanol–water partition coefficient (Wildman–Crippen LogP) is 2.87. The van der Waals surface area contributed by atoms with Crippen LogP contribution in [0.1, 0.15) is 5.56 Å². The molecule has 16 heavy (non-hydrogen) atoms. The lowest BCUT2D eigenvalue weighted by Gasteiger charge is -1.97. The number of hydrogen-bond acceptors (Lipinski definition) is 2. The summed E-state index contributed by atoms with van der Waals surface area (Å²) in [5.74, 6) is 0.0321. The molecule has 3 nitrogen and oxygen atoms in total. The fraction of sp³-hybridized carbons (Fsp3) is 0. The van der Waals surface area contributed by atoms with E-state index < -0.39 is 0 Å². The topological polar surface area (TPSA) is 63.0 Å². The lowest BCUT2D eigenvalue weighted by Crippen LogP contribution is -2.10. The SMILES string of the molecule is N=C(N)c1cccc2c1oc1ccccc12. The summed E-state index contributed by atoms with van der Waals surface area (Å²) in [6.07, 6.45) is 0. The van der Waals surface area contributed by atoms with E-state index in [1.165, 1.54) is 0 Å². The zero-order valence-corrected chi connectivity index (χ0v) is 8.53. The average molecular weight is 210 g/mol. The molecular weight excluding hydrogens is 200 g/mol. The van der Waals surface area contributed by atoms with Crippen molar-refractivity contribution in [2.75, 3.05) is 0 Å². The van der Waals surface area contributed by atoms with E-state index in [-0.39, 0.29) is 5.84 Å². The number of nitrogens with one attached hydrogen (secondary N) is 1. The van der Waals surface area contributed by atoms with Gasteiger partial charge in [-0.15, -0.1) is 0 Å². The fourth-order valence-corrected chi connectivity index (χ4v) is 1.96. The van der Waals surface area contributed by atoms with Gasteiger partial charge < -0.3 is 10.2 Å². The first-order valence-corrected chi connectivity index (χ1v) is 5.02. The Bertz CT molecular complexity index is 697. The molecule has 3 rings (SSSR count). The van der Waals surface area contributed by atoms with Gasteiger partial charge in [0.05, 0.1) is 5.56 Å². The van der Waals surface area contributed by atoms with E-state index in [1.807, 2.05) is 36.4 Å². The van der Waals surface area contributed by atoms with Crippen LogP contribution >= 0.6 is 0 Å². The number of nitrogens with two attached hydrogens (primary N) is 1. The highest BCUT2D eigenvalue weighted by atomic mass is 16.3. The van der Waals surface area contributed by atoms with Crippen molar-refractivity contribution in [3.05, 3.63) is 48.0 Å². The molecule has 3 aromatic rings. The first-order chi connectivity index (χ1) is 7.77. The molecule has 0 bridgehead atoms. The normalized spacial score (nSPS) is 11.0. The van der Waals surface area contributed by atoms with Crippen LogP contribution in [0.4, 0.5) is 0 Å². The quantitative estimate of drug-likeness (QED) is 0.479. The first-order valence-electron chi connectivity index (χ1n) is 5.02. The summed E-state index contributed by atoms with van der Waals surface area (Å²) in [5.41, 5.74) is 7.69. The predicted molar refractivity (Wildman–Crippen MR) is 64.7 cm³/mol. The molecule has 0 aliphatic rings. The Morgan fingerprint density at radius 1 is 1.00 bits per heavy atom. The molecular formula is C13H10N2O. The zero-order valence-electron chi connectivity index (χ0n) is 8.53. The number of furan rings is 1. The highest BCUT2D eigenvalue weighted by Gasteiger charge is 2.10. The molecule has 1 heterocycles. The Balaban J connectivity index is 2.54. The van der Waals surface area contributed by atoms with Gasteiger partial charge in [-0.25, -0.2) is 0 Å². The van der Waals surface area contributed by atoms with Gasteiger partial charge in [-0.05, 0) is 12.1 Å². The Kier molecular flexibility index (Phi) is 1.74. The Morgan fingerprint density at radius 2 is 1.75 bits per heavy atom. The van der Waals surface area contributed by atoms with Gasteiger partial charge in [0.1, 0.15) is 17.0 Å². The van der Waals surface area contributed by atoms with Gasteiger partial charge in [-0.2, -0.15) is 0 Å². The maximum Gasteiger partial charge on any atom is 0.146 e. The zero-order chi connectivity index (χ0) is 11.1. The van der Waals surface area contributed by atoms with Gasteiger partial charge >= 0.3 is 0 Å². The smallest absolute Gasteiger partial charge is 0.146 e. The average Bonchev–Trinajstić information content (AvgIpc) is 2.67. The van der Waals surface area contributed by atoms with Crippen molar-refractivity contribution in [2.45, 2.75) is 0 Å². The summed E-state index contributed by atoms with van der Waals surface area (Å²) in [7, 11) is 0. The molecule has 3 N–H and O–H groups in total. The number of fused-ring (bicyclic) bond motifs is 3. The second-order valence-corrected chi connectivity index (χ2v) is 3.69. The number of rotatable bonds is 1. The third kappa shape index (κ3) is 1.11. The van der Waals surface area contributed by atoms with Crippen molar-refractivity contribution in [1.82, 2.24) is 0 Å². The van der Waals surface area contributed by atoms with Gasteiger partial charge in [-0.1, -0.05) is 30.3 Å². The standard InChI is InChI=1S/C13H10N2O/c14-13(15)10-6-3-5-9-8-4-1-2-7-11(8)16-12(9)10/h1-7H,(H3,14,15). The van der Waals surface area contributed by atoms with Crippen LogP contribution in [0.5, 0.6) is 0 Å². The van der Waals surface area contributed by atoms with Gasteiger partial charge in [0.25, 0.3) is 0 Å². The Hall–Kier alpha value is -2.29. The minimum Gasteiger partial charge on any atom is -0.455 e. The molecule has 2 aromatic carbocycles. The van der Waals surface area contributed by atoms with E-state index in [9.17, 15) is 0 Å². The fourth-order valence-electron chi connectivity index (χ4n) is 1.96. The molecule has 78 valence electrons. The monoisotopic (exact) mass is 210 g/mol. The molecule has 0 atom stereocenters. The Morgan fingerprint density at radius 3 is 2.56 bits per heavy atom. The molecule has 0 spiro atoms. The van der Waals surface area contributed by atoms with Gasteiger partial charge in [0.15, 0.2) is 0 Å². The van der Waals surface area contributed by atoms with Gasteiger partial charge in [0.2, 0.25) is 0 Å². The van der Waals surface area contributed by atoms with Crippen molar-refractivity contribution < 1.29 is 4.42 Å². The first kappa shape index (κ1) is 8.97. The van der Waals surface area contributed by atoms with Crippen molar-refractivity contribution >= 4 is 27.8 Å². The van der Waals surface area contributed by atoms with Crippen LogP contribution in [0.2, 0.25) is 0 Å². The highest BCUT2D eigenvalue weighted by molar-refractivity contribution is 6.13. The molecule has 0 saturated carbocycles. The summed E-state index contributed by atoms with van der Waals surface area (Å²) >= 11 is 0. The lowest BCUT2D eigenvalue weighted by atomic mass is 10.1. The van der Waals surface area contributed by atoms with Gasteiger partial charge in [0, 0.05) is 10.8 Å². The van der Waals surface area contributed by atoms with Crippen LogP contribution in [0.25, 0.3) is 21.9 Å². The second-order valence-electron chi connectivity index (χ2n) is 3.69. The lowest BCUT2D eigenvalue weighted by molar-refractivity contribution is 0.668. The highest BCUT2D eigenvalue weighted by Crippen LogP contribution is 2.30. The van der Waals surface area contributed by atoms with Crippen molar-refractivity contribution in [2.24, 2.45) is 5.73 Å². The summed E-state index contributed by atoms with van der Waals surface area (Å²) < 4.78 is 5.72. The molecule has 0 aliphatic heterocycles. The molecule has 1 aromatic heterocycles. The van der Waals surface area contributed by atoms with Crippen LogP contribution in [0.15, 0.2) is 46.9 Å². The van der Waals surface area contributed by atoms with Crippen molar-refractivity contribution in [3.8, 4) is 0 Å². The van der Waals surface area contributed by atoms with E-state index in [2.05, 4.69) is 0 Å². The summed E-state index contributed by atoms with van der Waals surface area (Å²) in [6.45, 7) is 0. The van der Waals surface area contributed by atoms with E-state index in [4.69, 9.17) is 15.6 Å². The van der Waals surface area contributed by atoms with Crippen LogP contribution in [-0.4, -0.2) is 5.84 Å². The minimum atomic E-state index is 0.0321. The van der Waals surface area contributed by atoms with Crippen molar-refractivity contribution in [1.29, 1.82) is 5.41 Å². The number of amidine groups is 1. The van der Waals surface area contributed by atoms with Crippen LogP contribution in [0.3, 0.4) is 0 Å².